The molecule has 3 N–H and O–H groups in total. The van der Waals surface area contributed by atoms with Crippen molar-refractivity contribution in [1.29, 1.82) is 0 Å². The molecule has 1 aromatic rings. The van der Waals surface area contributed by atoms with Gasteiger partial charge in [-0.25, -0.2) is 13.2 Å². The fourth-order valence-corrected chi connectivity index (χ4v) is 3.83. The summed E-state index contributed by atoms with van der Waals surface area (Å²) >= 11 is 2.87. The van der Waals surface area contributed by atoms with E-state index in [1.807, 2.05) is 5.43 Å². The highest BCUT2D eigenvalue weighted by Gasteiger charge is 2.37. The Bertz CT molecular complexity index is 719. The standard InChI is InChI=1S/C13H15BrF3N3O3S/c14-8-5-6-11(10(7-8)13(15,16)17)24(22,23)20-19-12(21)18-9-3-1-2-4-9/h5-7,9,20H,1-4H2,(H2,18,19,21). The van der Waals surface area contributed by atoms with Gasteiger partial charge in [0.1, 0.15) is 0 Å². The average molecular weight is 430 g/mol. The number of benzene rings is 1. The van der Waals surface area contributed by atoms with Crippen LogP contribution in [-0.4, -0.2) is 20.5 Å². The molecule has 24 heavy (non-hydrogen) atoms. The molecular weight excluding hydrogens is 415 g/mol. The molecule has 0 radical (unpaired) electrons. The SMILES string of the molecule is O=C(NNS(=O)(=O)c1ccc(Br)cc1C(F)(F)F)NC1CCCC1. The molecule has 0 bridgehead atoms. The van der Waals surface area contributed by atoms with E-state index in [0.717, 1.165) is 31.7 Å². The first-order valence-electron chi connectivity index (χ1n) is 7.04. The van der Waals surface area contributed by atoms with Crippen molar-refractivity contribution in [3.63, 3.8) is 0 Å². The maximum atomic E-state index is 13.0. The molecule has 1 fully saturated rings. The maximum Gasteiger partial charge on any atom is 0.417 e. The molecule has 0 saturated heterocycles. The Balaban J connectivity index is 2.11. The lowest BCUT2D eigenvalue weighted by molar-refractivity contribution is -0.139. The minimum absolute atomic E-state index is 0.0621. The molecule has 0 spiro atoms. The van der Waals surface area contributed by atoms with Gasteiger partial charge in [-0.1, -0.05) is 28.8 Å². The van der Waals surface area contributed by atoms with E-state index < -0.39 is 32.7 Å². The fourth-order valence-electron chi connectivity index (χ4n) is 2.42. The van der Waals surface area contributed by atoms with Gasteiger partial charge in [0, 0.05) is 10.5 Å². The van der Waals surface area contributed by atoms with Crippen molar-refractivity contribution < 1.29 is 26.4 Å². The summed E-state index contributed by atoms with van der Waals surface area (Å²) in [4.78, 5) is 12.3. The van der Waals surface area contributed by atoms with Gasteiger partial charge in [0.15, 0.2) is 0 Å². The van der Waals surface area contributed by atoms with E-state index in [0.29, 0.717) is 6.07 Å². The Hall–Kier alpha value is -1.33. The quantitative estimate of drug-likeness (QED) is 0.643. The van der Waals surface area contributed by atoms with Gasteiger partial charge in [0.05, 0.1) is 10.5 Å². The Morgan fingerprint density at radius 1 is 1.21 bits per heavy atom. The summed E-state index contributed by atoms with van der Waals surface area (Å²) in [6, 6.07) is 1.77. The molecule has 0 aromatic heterocycles. The largest absolute Gasteiger partial charge is 0.417 e. The van der Waals surface area contributed by atoms with Crippen molar-refractivity contribution in [2.24, 2.45) is 0 Å². The van der Waals surface area contributed by atoms with Gasteiger partial charge in [0.25, 0.3) is 10.0 Å². The van der Waals surface area contributed by atoms with Gasteiger partial charge in [-0.05, 0) is 31.0 Å². The van der Waals surface area contributed by atoms with E-state index in [-0.39, 0.29) is 10.5 Å². The van der Waals surface area contributed by atoms with Crippen LogP contribution in [0.2, 0.25) is 0 Å². The zero-order valence-electron chi connectivity index (χ0n) is 12.3. The van der Waals surface area contributed by atoms with Gasteiger partial charge in [-0.15, -0.1) is 4.83 Å². The van der Waals surface area contributed by atoms with E-state index in [2.05, 4.69) is 21.2 Å². The number of carbonyl (C=O) groups is 1. The summed E-state index contributed by atoms with van der Waals surface area (Å²) in [6.45, 7) is 0. The average Bonchev–Trinajstić information content (AvgIpc) is 2.97. The number of halogens is 4. The highest BCUT2D eigenvalue weighted by atomic mass is 79.9. The van der Waals surface area contributed by atoms with Crippen molar-refractivity contribution in [3.8, 4) is 0 Å². The second-order valence-corrected chi connectivity index (χ2v) is 7.89. The van der Waals surface area contributed by atoms with E-state index >= 15 is 0 Å². The zero-order valence-corrected chi connectivity index (χ0v) is 14.7. The van der Waals surface area contributed by atoms with Crippen LogP contribution in [0.4, 0.5) is 18.0 Å². The molecule has 1 saturated carbocycles. The van der Waals surface area contributed by atoms with Crippen LogP contribution in [0.1, 0.15) is 31.2 Å². The van der Waals surface area contributed by atoms with Crippen molar-refractivity contribution >= 4 is 32.0 Å². The number of hydrogen-bond donors (Lipinski definition) is 3. The van der Waals surface area contributed by atoms with Crippen LogP contribution in [0, 0.1) is 0 Å². The smallest absolute Gasteiger partial charge is 0.334 e. The van der Waals surface area contributed by atoms with Crippen LogP contribution >= 0.6 is 15.9 Å². The molecule has 1 aliphatic carbocycles. The van der Waals surface area contributed by atoms with E-state index in [1.54, 1.807) is 4.83 Å². The Morgan fingerprint density at radius 3 is 2.42 bits per heavy atom. The van der Waals surface area contributed by atoms with Crippen LogP contribution in [0.5, 0.6) is 0 Å². The monoisotopic (exact) mass is 429 g/mol. The normalized spacial score (nSPS) is 16.2. The van der Waals surface area contributed by atoms with Crippen LogP contribution in [0.15, 0.2) is 27.6 Å². The number of amides is 2. The summed E-state index contributed by atoms with van der Waals surface area (Å²) in [5.74, 6) is 0. The van der Waals surface area contributed by atoms with Gasteiger partial charge in [0.2, 0.25) is 0 Å². The number of nitrogens with one attached hydrogen (secondary N) is 3. The van der Waals surface area contributed by atoms with Crippen LogP contribution in [0.3, 0.4) is 0 Å². The molecular formula is C13H15BrF3N3O3S. The topological polar surface area (TPSA) is 87.3 Å². The second kappa shape index (κ2) is 7.28. The second-order valence-electron chi connectivity index (χ2n) is 5.32. The minimum atomic E-state index is -4.86. The van der Waals surface area contributed by atoms with E-state index in [1.165, 1.54) is 6.07 Å². The highest BCUT2D eigenvalue weighted by molar-refractivity contribution is 9.10. The number of urea groups is 1. The number of alkyl halides is 3. The highest BCUT2D eigenvalue weighted by Crippen LogP contribution is 2.35. The minimum Gasteiger partial charge on any atom is -0.334 e. The van der Waals surface area contributed by atoms with Gasteiger partial charge < -0.3 is 5.32 Å². The predicted molar refractivity (Wildman–Crippen MR) is 83.4 cm³/mol. The Morgan fingerprint density at radius 2 is 1.83 bits per heavy atom. The fraction of sp³-hybridized carbons (Fsp3) is 0.462. The molecule has 0 aliphatic heterocycles. The molecule has 11 heteroatoms. The summed E-state index contributed by atoms with van der Waals surface area (Å²) in [5.41, 5.74) is 0.543. The molecule has 0 atom stereocenters. The number of rotatable bonds is 4. The third kappa shape index (κ3) is 4.84. The number of hydrogen-bond acceptors (Lipinski definition) is 3. The lowest BCUT2D eigenvalue weighted by Gasteiger charge is -2.16. The molecule has 134 valence electrons. The number of carbonyl (C=O) groups excluding carboxylic acids is 1. The van der Waals surface area contributed by atoms with Crippen LogP contribution < -0.4 is 15.6 Å². The molecule has 2 amide bonds. The first-order valence-corrected chi connectivity index (χ1v) is 9.32. The van der Waals surface area contributed by atoms with Crippen molar-refractivity contribution in [2.45, 2.75) is 42.8 Å². The zero-order chi connectivity index (χ0) is 18.0. The summed E-state index contributed by atoms with van der Waals surface area (Å²) in [6.07, 6.45) is -1.37. The van der Waals surface area contributed by atoms with Gasteiger partial charge >= 0.3 is 12.2 Å². The number of hydrazine groups is 1. The summed E-state index contributed by atoms with van der Waals surface area (Å²) in [5, 5.41) is 2.55. The first kappa shape index (κ1) is 19.0. The van der Waals surface area contributed by atoms with Crippen LogP contribution in [-0.2, 0) is 16.2 Å². The lowest BCUT2D eigenvalue weighted by atomic mass is 10.2. The third-order valence-corrected chi connectivity index (χ3v) is 5.32. The van der Waals surface area contributed by atoms with Crippen molar-refractivity contribution in [2.75, 3.05) is 0 Å². The molecule has 0 heterocycles. The molecule has 0 unspecified atom stereocenters. The van der Waals surface area contributed by atoms with Gasteiger partial charge in [-0.2, -0.15) is 13.2 Å². The summed E-state index contributed by atoms with van der Waals surface area (Å²) in [7, 11) is -4.58. The van der Waals surface area contributed by atoms with E-state index in [4.69, 9.17) is 0 Å². The number of sulfonamides is 1. The van der Waals surface area contributed by atoms with Gasteiger partial charge in [-0.3, -0.25) is 5.43 Å². The molecule has 2 rings (SSSR count). The van der Waals surface area contributed by atoms with E-state index in [9.17, 15) is 26.4 Å². The molecule has 1 aromatic carbocycles. The Kier molecular flexibility index (Phi) is 5.76. The summed E-state index contributed by atoms with van der Waals surface area (Å²) < 4.78 is 63.3. The van der Waals surface area contributed by atoms with Crippen molar-refractivity contribution in [1.82, 2.24) is 15.6 Å². The molecule has 6 nitrogen and oxygen atoms in total. The first-order chi connectivity index (χ1) is 11.1. The maximum absolute atomic E-state index is 13.0. The van der Waals surface area contributed by atoms with Crippen LogP contribution in [0.25, 0.3) is 0 Å². The predicted octanol–water partition coefficient (Wildman–Crippen LogP) is 2.90. The van der Waals surface area contributed by atoms with Crippen molar-refractivity contribution in [3.05, 3.63) is 28.2 Å². The third-order valence-electron chi connectivity index (χ3n) is 3.53. The molecule has 1 aliphatic rings. The lowest BCUT2D eigenvalue weighted by Crippen LogP contribution is -2.49. The Labute approximate surface area is 145 Å².